The van der Waals surface area contributed by atoms with Gasteiger partial charge in [0.15, 0.2) is 0 Å². The number of aromatic carboxylic acids is 2. The monoisotopic (exact) mass is 446 g/mol. The molecular formula is C28H46O4. The van der Waals surface area contributed by atoms with Gasteiger partial charge in [0.25, 0.3) is 0 Å². The molecule has 0 aliphatic heterocycles. The number of carboxylic acid groups (broad SMARTS) is 2. The van der Waals surface area contributed by atoms with E-state index in [1.54, 1.807) is 0 Å². The van der Waals surface area contributed by atoms with Gasteiger partial charge in [0.1, 0.15) is 0 Å². The van der Waals surface area contributed by atoms with E-state index in [0.717, 1.165) is 68.9 Å². The molecule has 1 aromatic rings. The minimum atomic E-state index is -1.15. The first kappa shape index (κ1) is 28.2. The Morgan fingerprint density at radius 1 is 0.688 bits per heavy atom. The van der Waals surface area contributed by atoms with Crippen molar-refractivity contribution in [2.45, 2.75) is 118 Å². The predicted molar refractivity (Wildman–Crippen MR) is 133 cm³/mol. The van der Waals surface area contributed by atoms with Gasteiger partial charge < -0.3 is 10.2 Å². The number of unbranched alkanes of at least 4 members (excludes halogenated alkanes) is 4. The lowest BCUT2D eigenvalue weighted by atomic mass is 9.81. The van der Waals surface area contributed by atoms with Gasteiger partial charge in [-0.1, -0.05) is 111 Å². The van der Waals surface area contributed by atoms with E-state index >= 15 is 0 Å². The number of carboxylic acids is 2. The number of hydrogen-bond donors (Lipinski definition) is 2. The maximum atomic E-state index is 12.3. The summed E-state index contributed by atoms with van der Waals surface area (Å²) in [5.41, 5.74) is 1.79. The zero-order chi connectivity index (χ0) is 23.9. The Kier molecular flexibility index (Phi) is 14.0. The maximum absolute atomic E-state index is 12.3. The van der Waals surface area contributed by atoms with E-state index in [-0.39, 0.29) is 11.1 Å². The minimum absolute atomic E-state index is 0.0235. The minimum Gasteiger partial charge on any atom is -0.478 e. The van der Waals surface area contributed by atoms with Gasteiger partial charge in [-0.2, -0.15) is 0 Å². The molecule has 0 heterocycles. The highest BCUT2D eigenvalue weighted by molar-refractivity contribution is 6.03. The summed E-state index contributed by atoms with van der Waals surface area (Å²) in [4.78, 5) is 24.1. The zero-order valence-corrected chi connectivity index (χ0v) is 20.9. The highest BCUT2D eigenvalue weighted by Crippen LogP contribution is 2.31. The number of benzene rings is 1. The third-order valence-corrected chi connectivity index (χ3v) is 6.68. The average molecular weight is 447 g/mol. The fourth-order valence-electron chi connectivity index (χ4n) is 5.02. The zero-order valence-electron chi connectivity index (χ0n) is 20.9. The lowest BCUT2D eigenvalue weighted by Gasteiger charge is -2.24. The summed E-state index contributed by atoms with van der Waals surface area (Å²) in [6.45, 7) is 8.78. The largest absolute Gasteiger partial charge is 0.478 e. The van der Waals surface area contributed by atoms with E-state index in [9.17, 15) is 19.8 Å². The Morgan fingerprint density at radius 3 is 1.66 bits per heavy atom. The molecule has 2 N–H and O–H groups in total. The first-order chi connectivity index (χ1) is 15.4. The van der Waals surface area contributed by atoms with Crippen molar-refractivity contribution in [1.82, 2.24) is 0 Å². The average Bonchev–Trinajstić information content (AvgIpc) is 2.74. The lowest BCUT2D eigenvalue weighted by Crippen LogP contribution is -2.18. The first-order valence-electron chi connectivity index (χ1n) is 13.0. The molecule has 4 heteroatoms. The molecule has 0 spiro atoms. The summed E-state index contributed by atoms with van der Waals surface area (Å²) in [6.07, 6.45) is 15.2. The summed E-state index contributed by atoms with van der Waals surface area (Å²) in [6, 6.07) is 3.42. The lowest BCUT2D eigenvalue weighted by molar-refractivity contribution is 0.0650. The van der Waals surface area contributed by atoms with Crippen molar-refractivity contribution in [2.24, 2.45) is 11.8 Å². The van der Waals surface area contributed by atoms with Gasteiger partial charge in [-0.25, -0.2) is 9.59 Å². The Hall–Kier alpha value is -1.84. The molecule has 0 aliphatic rings. The molecule has 32 heavy (non-hydrogen) atoms. The third-order valence-electron chi connectivity index (χ3n) is 6.68. The van der Waals surface area contributed by atoms with Crippen LogP contribution in [0.25, 0.3) is 0 Å². The molecule has 1 rings (SSSR count). The molecule has 1 aromatic carbocycles. The fraction of sp³-hybridized carbons (Fsp3) is 0.714. The Bertz CT molecular complexity index is 695. The molecule has 0 bridgehead atoms. The SMILES string of the molecule is CCCCCC(CCC)Cc1ccc(C(=O)O)c(C(=O)O)c1CC(CCC)CCCCC. The van der Waals surface area contributed by atoms with Crippen molar-refractivity contribution in [1.29, 1.82) is 0 Å². The molecule has 182 valence electrons. The number of rotatable bonds is 18. The molecule has 0 radical (unpaired) electrons. The second kappa shape index (κ2) is 15.9. The highest BCUT2D eigenvalue weighted by Gasteiger charge is 2.25. The van der Waals surface area contributed by atoms with Crippen LogP contribution in [0.15, 0.2) is 12.1 Å². The molecule has 0 aliphatic carbocycles. The van der Waals surface area contributed by atoms with Crippen LogP contribution >= 0.6 is 0 Å². The third kappa shape index (κ3) is 9.34. The predicted octanol–water partition coefficient (Wildman–Crippen LogP) is 8.16. The Labute approximate surface area is 195 Å². The second-order valence-corrected chi connectivity index (χ2v) is 9.45. The van der Waals surface area contributed by atoms with E-state index in [4.69, 9.17) is 0 Å². The number of carbonyl (C=O) groups is 2. The van der Waals surface area contributed by atoms with Gasteiger partial charge in [0.2, 0.25) is 0 Å². The quantitative estimate of drug-likeness (QED) is 0.223. The van der Waals surface area contributed by atoms with Crippen molar-refractivity contribution in [3.63, 3.8) is 0 Å². The van der Waals surface area contributed by atoms with Gasteiger partial charge in [0, 0.05) is 0 Å². The van der Waals surface area contributed by atoms with Crippen LogP contribution in [-0.2, 0) is 12.8 Å². The highest BCUT2D eigenvalue weighted by atomic mass is 16.4. The number of hydrogen-bond acceptors (Lipinski definition) is 2. The molecule has 0 saturated heterocycles. The fourth-order valence-corrected chi connectivity index (χ4v) is 5.02. The van der Waals surface area contributed by atoms with Crippen LogP contribution in [-0.4, -0.2) is 22.2 Å². The van der Waals surface area contributed by atoms with Gasteiger partial charge in [-0.3, -0.25) is 0 Å². The second-order valence-electron chi connectivity index (χ2n) is 9.45. The van der Waals surface area contributed by atoms with E-state index in [1.807, 2.05) is 6.07 Å². The van der Waals surface area contributed by atoms with Crippen LogP contribution in [0.3, 0.4) is 0 Å². The van der Waals surface area contributed by atoms with Gasteiger partial charge in [-0.15, -0.1) is 0 Å². The van der Waals surface area contributed by atoms with Crippen LogP contribution in [0.5, 0.6) is 0 Å². The van der Waals surface area contributed by atoms with Crippen molar-refractivity contribution in [3.8, 4) is 0 Å². The molecule has 0 fully saturated rings. The molecule has 2 atom stereocenters. The van der Waals surface area contributed by atoms with Gasteiger partial charge in [-0.05, 0) is 41.9 Å². The topological polar surface area (TPSA) is 74.6 Å². The van der Waals surface area contributed by atoms with Crippen molar-refractivity contribution in [3.05, 3.63) is 34.4 Å². The van der Waals surface area contributed by atoms with E-state index < -0.39 is 11.9 Å². The Morgan fingerprint density at radius 2 is 1.22 bits per heavy atom. The Balaban J connectivity index is 3.36. The van der Waals surface area contributed by atoms with Crippen LogP contribution in [0.4, 0.5) is 0 Å². The van der Waals surface area contributed by atoms with Crippen LogP contribution in [0.2, 0.25) is 0 Å². The van der Waals surface area contributed by atoms with E-state index in [0.29, 0.717) is 18.3 Å². The van der Waals surface area contributed by atoms with Crippen LogP contribution in [0, 0.1) is 11.8 Å². The molecular weight excluding hydrogens is 400 g/mol. The van der Waals surface area contributed by atoms with Crippen LogP contribution < -0.4 is 0 Å². The maximum Gasteiger partial charge on any atom is 0.336 e. The standard InChI is InChI=1S/C28H46O4/c1-5-9-11-15-21(13-7-3)19-23-17-18-24(27(29)30)26(28(31)32)25(23)20-22(14-8-4)16-12-10-6-2/h17-18,21-22H,5-16,19-20H2,1-4H3,(H,29,30)(H,31,32). The molecule has 4 nitrogen and oxygen atoms in total. The summed E-state index contributed by atoms with van der Waals surface area (Å²) < 4.78 is 0. The molecule has 0 amide bonds. The van der Waals surface area contributed by atoms with Crippen LogP contribution in [0.1, 0.15) is 137 Å². The summed E-state index contributed by atoms with van der Waals surface area (Å²) in [7, 11) is 0. The summed E-state index contributed by atoms with van der Waals surface area (Å²) in [5, 5.41) is 19.7. The van der Waals surface area contributed by atoms with Gasteiger partial charge in [0.05, 0.1) is 11.1 Å². The molecule has 0 aromatic heterocycles. The normalized spacial score (nSPS) is 13.1. The van der Waals surface area contributed by atoms with Crippen molar-refractivity contribution in [2.75, 3.05) is 0 Å². The van der Waals surface area contributed by atoms with E-state index in [2.05, 4.69) is 27.7 Å². The van der Waals surface area contributed by atoms with Gasteiger partial charge >= 0.3 is 11.9 Å². The molecule has 0 saturated carbocycles. The van der Waals surface area contributed by atoms with Crippen molar-refractivity contribution < 1.29 is 19.8 Å². The smallest absolute Gasteiger partial charge is 0.336 e. The van der Waals surface area contributed by atoms with E-state index in [1.165, 1.54) is 31.7 Å². The molecule has 2 unspecified atom stereocenters. The summed E-state index contributed by atoms with van der Waals surface area (Å²) >= 11 is 0. The first-order valence-corrected chi connectivity index (χ1v) is 13.0. The van der Waals surface area contributed by atoms with Crippen molar-refractivity contribution >= 4 is 11.9 Å². The summed E-state index contributed by atoms with van der Waals surface area (Å²) in [5.74, 6) is -1.34.